The van der Waals surface area contributed by atoms with Crippen molar-refractivity contribution in [2.75, 3.05) is 0 Å². The van der Waals surface area contributed by atoms with Crippen molar-refractivity contribution in [1.29, 1.82) is 0 Å². The summed E-state index contributed by atoms with van der Waals surface area (Å²) < 4.78 is 7.03. The van der Waals surface area contributed by atoms with Crippen molar-refractivity contribution in [3.63, 3.8) is 0 Å². The molecule has 0 aliphatic rings. The van der Waals surface area contributed by atoms with Crippen LogP contribution in [-0.2, 0) is 13.1 Å². The monoisotopic (exact) mass is 313 g/mol. The molecule has 0 aliphatic carbocycles. The summed E-state index contributed by atoms with van der Waals surface area (Å²) in [6, 6.07) is 1.75. The van der Waals surface area contributed by atoms with Gasteiger partial charge in [0.25, 0.3) is 11.6 Å². The van der Waals surface area contributed by atoms with Gasteiger partial charge in [0.2, 0.25) is 0 Å². The lowest BCUT2D eigenvalue weighted by Gasteiger charge is -2.05. The summed E-state index contributed by atoms with van der Waals surface area (Å²) in [5, 5.41) is 11.7. The maximum Gasteiger partial charge on any atom is 0.258 e. The van der Waals surface area contributed by atoms with Gasteiger partial charge in [0.05, 0.1) is 22.8 Å². The number of carbonyl (C=O) groups excluding carboxylic acids is 1. The molecule has 0 aromatic carbocycles. The highest BCUT2D eigenvalue weighted by Crippen LogP contribution is 2.21. The van der Waals surface area contributed by atoms with E-state index >= 15 is 0 Å². The lowest BCUT2D eigenvalue weighted by atomic mass is 10.1. The van der Waals surface area contributed by atoms with Crippen LogP contribution in [0.2, 0.25) is 0 Å². The maximum atomic E-state index is 12.5. The minimum atomic E-state index is -0.171. The van der Waals surface area contributed by atoms with Crippen molar-refractivity contribution in [3.05, 3.63) is 41.0 Å². The Morgan fingerprint density at radius 1 is 1.39 bits per heavy atom. The summed E-state index contributed by atoms with van der Waals surface area (Å²) in [6.07, 6.45) is 4.74. The number of carbonyl (C=O) groups is 1. The minimum Gasteiger partial charge on any atom is -0.348 e. The Hall–Kier alpha value is -2.70. The molecule has 0 aliphatic heterocycles. The van der Waals surface area contributed by atoms with Crippen molar-refractivity contribution in [2.24, 2.45) is 0 Å². The van der Waals surface area contributed by atoms with Crippen LogP contribution in [0.15, 0.2) is 23.0 Å². The van der Waals surface area contributed by atoms with E-state index in [1.54, 1.807) is 19.2 Å². The first kappa shape index (κ1) is 15.2. The Labute approximate surface area is 133 Å². The normalized spacial score (nSPS) is 11.1. The summed E-state index contributed by atoms with van der Waals surface area (Å²) in [5.41, 5.74) is 3.27. The molecule has 3 rings (SSSR count). The molecule has 3 aromatic heterocycles. The lowest BCUT2D eigenvalue weighted by molar-refractivity contribution is 0.0952. The molecule has 0 spiro atoms. The van der Waals surface area contributed by atoms with E-state index in [1.165, 1.54) is 0 Å². The van der Waals surface area contributed by atoms with Crippen molar-refractivity contribution in [3.8, 4) is 0 Å². The summed E-state index contributed by atoms with van der Waals surface area (Å²) in [4.78, 5) is 16.8. The second kappa shape index (κ2) is 6.20. The summed E-state index contributed by atoms with van der Waals surface area (Å²) in [7, 11) is 0. The Morgan fingerprint density at radius 3 is 3.00 bits per heavy atom. The van der Waals surface area contributed by atoms with Crippen LogP contribution in [0.25, 0.3) is 11.1 Å². The molecule has 0 radical (unpaired) electrons. The average molecular weight is 313 g/mol. The number of aryl methyl sites for hydroxylation is 3. The van der Waals surface area contributed by atoms with Gasteiger partial charge in [0, 0.05) is 30.5 Å². The largest absolute Gasteiger partial charge is 0.348 e. The molecule has 23 heavy (non-hydrogen) atoms. The van der Waals surface area contributed by atoms with Gasteiger partial charge in [-0.05, 0) is 26.3 Å². The van der Waals surface area contributed by atoms with Gasteiger partial charge in [0.15, 0.2) is 0 Å². The zero-order chi connectivity index (χ0) is 16.4. The smallest absolute Gasteiger partial charge is 0.258 e. The number of hydrogen-bond acceptors (Lipinski definition) is 5. The Balaban J connectivity index is 1.79. The Bertz CT molecular complexity index is 849. The van der Waals surface area contributed by atoms with E-state index < -0.39 is 0 Å². The van der Waals surface area contributed by atoms with Crippen molar-refractivity contribution in [1.82, 2.24) is 25.2 Å². The van der Waals surface area contributed by atoms with Crippen molar-refractivity contribution in [2.45, 2.75) is 40.3 Å². The van der Waals surface area contributed by atoms with Crippen LogP contribution in [0.5, 0.6) is 0 Å². The summed E-state index contributed by atoms with van der Waals surface area (Å²) in [5.74, 6) is -0.171. The Morgan fingerprint density at radius 2 is 2.22 bits per heavy atom. The number of hydrogen-bond donors (Lipinski definition) is 1. The summed E-state index contributed by atoms with van der Waals surface area (Å²) >= 11 is 0. The molecule has 7 heteroatoms. The van der Waals surface area contributed by atoms with Gasteiger partial charge in [-0.2, -0.15) is 5.10 Å². The van der Waals surface area contributed by atoms with E-state index in [0.29, 0.717) is 28.9 Å². The van der Waals surface area contributed by atoms with Crippen molar-refractivity contribution >= 4 is 17.0 Å². The maximum absolute atomic E-state index is 12.5. The number of rotatable bonds is 5. The molecule has 0 bridgehead atoms. The first-order valence-electron chi connectivity index (χ1n) is 7.61. The summed E-state index contributed by atoms with van der Waals surface area (Å²) in [6.45, 7) is 7.02. The molecule has 3 aromatic rings. The fourth-order valence-electron chi connectivity index (χ4n) is 2.52. The molecular weight excluding hydrogens is 294 g/mol. The van der Waals surface area contributed by atoms with Gasteiger partial charge >= 0.3 is 0 Å². The van der Waals surface area contributed by atoms with Crippen LogP contribution in [-0.4, -0.2) is 25.8 Å². The van der Waals surface area contributed by atoms with Gasteiger partial charge in [-0.1, -0.05) is 12.1 Å². The predicted molar refractivity (Wildman–Crippen MR) is 85.0 cm³/mol. The third kappa shape index (κ3) is 3.08. The van der Waals surface area contributed by atoms with Gasteiger partial charge in [0.1, 0.15) is 0 Å². The number of nitrogens with zero attached hydrogens (tertiary/aromatic N) is 4. The van der Waals surface area contributed by atoms with E-state index in [2.05, 4.69) is 27.5 Å². The van der Waals surface area contributed by atoms with Gasteiger partial charge in [-0.25, -0.2) is 4.98 Å². The first-order chi connectivity index (χ1) is 11.1. The van der Waals surface area contributed by atoms with E-state index in [9.17, 15) is 4.79 Å². The number of nitrogens with one attached hydrogen (secondary N) is 1. The lowest BCUT2D eigenvalue weighted by Crippen LogP contribution is -2.23. The topological polar surface area (TPSA) is 85.8 Å². The molecule has 120 valence electrons. The highest BCUT2D eigenvalue weighted by Gasteiger charge is 2.17. The van der Waals surface area contributed by atoms with Crippen LogP contribution in [0.1, 0.15) is 40.7 Å². The number of pyridine rings is 1. The average Bonchev–Trinajstić information content (AvgIpc) is 3.12. The van der Waals surface area contributed by atoms with Gasteiger partial charge in [-0.15, -0.1) is 0 Å². The third-order valence-electron chi connectivity index (χ3n) is 3.58. The molecule has 0 saturated heterocycles. The number of aromatic nitrogens is 4. The highest BCUT2D eigenvalue weighted by molar-refractivity contribution is 6.05. The molecule has 0 fully saturated rings. The zero-order valence-corrected chi connectivity index (χ0v) is 13.5. The first-order valence-corrected chi connectivity index (χ1v) is 7.61. The van der Waals surface area contributed by atoms with Gasteiger partial charge in [-0.3, -0.25) is 9.48 Å². The number of amides is 1. The Kier molecular flexibility index (Phi) is 4.10. The molecular formula is C16H19N5O2. The second-order valence-electron chi connectivity index (χ2n) is 5.55. The van der Waals surface area contributed by atoms with Crippen LogP contribution >= 0.6 is 0 Å². The van der Waals surface area contributed by atoms with Crippen LogP contribution < -0.4 is 5.32 Å². The van der Waals surface area contributed by atoms with E-state index in [1.807, 2.05) is 17.8 Å². The van der Waals surface area contributed by atoms with Crippen LogP contribution in [0, 0.1) is 13.8 Å². The number of fused-ring (bicyclic) bond motifs is 1. The molecule has 1 amide bonds. The second-order valence-corrected chi connectivity index (χ2v) is 5.55. The molecule has 0 saturated carbocycles. The van der Waals surface area contributed by atoms with E-state index in [-0.39, 0.29) is 5.91 Å². The van der Waals surface area contributed by atoms with E-state index in [0.717, 1.165) is 24.2 Å². The van der Waals surface area contributed by atoms with Crippen LogP contribution in [0.4, 0.5) is 0 Å². The molecule has 0 unspecified atom stereocenters. The molecule has 0 atom stereocenters. The van der Waals surface area contributed by atoms with Gasteiger partial charge < -0.3 is 9.84 Å². The fourth-order valence-corrected chi connectivity index (χ4v) is 2.52. The predicted octanol–water partition coefficient (Wildman–Crippen LogP) is 2.38. The molecule has 1 N–H and O–H groups in total. The van der Waals surface area contributed by atoms with Crippen molar-refractivity contribution < 1.29 is 9.32 Å². The fraction of sp³-hybridized carbons (Fsp3) is 0.375. The molecule has 3 heterocycles. The SMILES string of the molecule is CCCn1cc(CNC(=O)c2cc(C)nc3onc(C)c23)cn1. The standard InChI is InChI=1S/C16H19N5O2/c1-4-5-21-9-12(8-18-21)7-17-15(22)13-6-10(2)19-16-14(13)11(3)20-23-16/h6,8-9H,4-5,7H2,1-3H3,(H,17,22). The van der Waals surface area contributed by atoms with Crippen LogP contribution in [0.3, 0.4) is 0 Å². The zero-order valence-electron chi connectivity index (χ0n) is 13.5. The molecule has 7 nitrogen and oxygen atoms in total. The minimum absolute atomic E-state index is 0.171. The third-order valence-corrected chi connectivity index (χ3v) is 3.58. The van der Waals surface area contributed by atoms with E-state index in [4.69, 9.17) is 4.52 Å². The highest BCUT2D eigenvalue weighted by atomic mass is 16.5. The quantitative estimate of drug-likeness (QED) is 0.781.